The molecule has 1 unspecified atom stereocenters. The van der Waals surface area contributed by atoms with E-state index >= 15 is 0 Å². The van der Waals surface area contributed by atoms with E-state index < -0.39 is 18.2 Å². The Bertz CT molecular complexity index is 388. The summed E-state index contributed by atoms with van der Waals surface area (Å²) in [5.41, 5.74) is -1.19. The number of aromatic nitrogens is 3. The van der Waals surface area contributed by atoms with Gasteiger partial charge in [-0.3, -0.25) is 4.68 Å². The van der Waals surface area contributed by atoms with Crippen LogP contribution in [0.1, 0.15) is 45.4 Å². The molecule has 110 valence electrons. The Balaban J connectivity index is 2.51. The molecule has 0 radical (unpaired) electrons. The molecule has 1 aromatic heterocycles. The maximum absolute atomic E-state index is 12.1. The van der Waals surface area contributed by atoms with Gasteiger partial charge >= 0.3 is 6.18 Å². The largest absolute Gasteiger partial charge is 0.390 e. The summed E-state index contributed by atoms with van der Waals surface area (Å²) < 4.78 is 37.9. The normalized spacial score (nSPS) is 15.5. The van der Waals surface area contributed by atoms with Gasteiger partial charge in [0.25, 0.3) is 0 Å². The highest BCUT2D eigenvalue weighted by atomic mass is 19.4. The molecule has 1 atom stereocenters. The van der Waals surface area contributed by atoms with Crippen LogP contribution in [0.15, 0.2) is 6.33 Å². The minimum absolute atomic E-state index is 0.0849. The van der Waals surface area contributed by atoms with Crippen LogP contribution in [-0.2, 0) is 13.0 Å². The van der Waals surface area contributed by atoms with Crippen molar-refractivity contribution in [2.24, 2.45) is 0 Å². The summed E-state index contributed by atoms with van der Waals surface area (Å²) in [5.74, 6) is 0.610. The zero-order valence-electron chi connectivity index (χ0n) is 11.2. The monoisotopic (exact) mass is 279 g/mol. The summed E-state index contributed by atoms with van der Waals surface area (Å²) in [7, 11) is 0. The molecular weight excluding hydrogens is 259 g/mol. The van der Waals surface area contributed by atoms with Crippen LogP contribution in [0.4, 0.5) is 13.2 Å². The second kappa shape index (κ2) is 6.36. The van der Waals surface area contributed by atoms with Gasteiger partial charge in [-0.15, -0.1) is 0 Å². The first-order valence-corrected chi connectivity index (χ1v) is 6.39. The number of aryl methyl sites for hydroxylation is 1. The summed E-state index contributed by atoms with van der Waals surface area (Å²) in [6.07, 6.45) is -2.54. The molecule has 0 aromatic carbocycles. The molecule has 0 fully saturated rings. The third-order valence-corrected chi connectivity index (χ3v) is 2.85. The average Bonchev–Trinajstić information content (AvgIpc) is 2.63. The Morgan fingerprint density at radius 1 is 1.32 bits per heavy atom. The highest BCUT2D eigenvalue weighted by Crippen LogP contribution is 2.26. The lowest BCUT2D eigenvalue weighted by Crippen LogP contribution is -2.29. The second-order valence-corrected chi connectivity index (χ2v) is 5.04. The number of rotatable bonds is 7. The van der Waals surface area contributed by atoms with Crippen molar-refractivity contribution in [1.82, 2.24) is 14.8 Å². The number of aliphatic hydroxyl groups is 1. The fraction of sp³-hybridized carbons (Fsp3) is 0.833. The summed E-state index contributed by atoms with van der Waals surface area (Å²) in [6, 6.07) is 0. The van der Waals surface area contributed by atoms with Gasteiger partial charge in [-0.25, -0.2) is 4.98 Å². The highest BCUT2D eigenvalue weighted by molar-refractivity contribution is 4.92. The van der Waals surface area contributed by atoms with Gasteiger partial charge in [-0.1, -0.05) is 6.92 Å². The van der Waals surface area contributed by atoms with E-state index in [2.05, 4.69) is 10.1 Å². The minimum atomic E-state index is -4.17. The topological polar surface area (TPSA) is 50.9 Å². The van der Waals surface area contributed by atoms with Gasteiger partial charge in [0.2, 0.25) is 0 Å². The van der Waals surface area contributed by atoms with Gasteiger partial charge in [0, 0.05) is 19.4 Å². The van der Waals surface area contributed by atoms with Gasteiger partial charge in [0.05, 0.1) is 5.60 Å². The van der Waals surface area contributed by atoms with Crippen molar-refractivity contribution in [3.63, 3.8) is 0 Å². The molecule has 7 heteroatoms. The molecule has 1 rings (SSSR count). The van der Waals surface area contributed by atoms with Crippen molar-refractivity contribution in [2.45, 2.75) is 64.3 Å². The molecule has 1 heterocycles. The molecule has 19 heavy (non-hydrogen) atoms. The van der Waals surface area contributed by atoms with Crippen molar-refractivity contribution < 1.29 is 18.3 Å². The Morgan fingerprint density at radius 3 is 2.58 bits per heavy atom. The summed E-state index contributed by atoms with van der Waals surface area (Å²) in [4.78, 5) is 4.05. The van der Waals surface area contributed by atoms with E-state index in [0.717, 1.165) is 6.42 Å². The summed E-state index contributed by atoms with van der Waals surface area (Å²) in [5, 5.41) is 14.2. The van der Waals surface area contributed by atoms with Crippen molar-refractivity contribution in [1.29, 1.82) is 0 Å². The summed E-state index contributed by atoms with van der Waals surface area (Å²) in [6.45, 7) is 4.22. The van der Waals surface area contributed by atoms with Gasteiger partial charge in [-0.05, 0) is 26.2 Å². The Labute approximate surface area is 110 Å². The maximum Gasteiger partial charge on any atom is 0.389 e. The first kappa shape index (κ1) is 15.9. The highest BCUT2D eigenvalue weighted by Gasteiger charge is 2.29. The SMILES string of the molecule is CCCn1ncnc1CC(C)(O)CCCC(F)(F)F. The predicted molar refractivity (Wildman–Crippen MR) is 64.5 cm³/mol. The van der Waals surface area contributed by atoms with E-state index in [1.165, 1.54) is 13.3 Å². The molecule has 0 aliphatic rings. The van der Waals surface area contributed by atoms with E-state index in [1.54, 1.807) is 4.68 Å². The molecule has 0 aliphatic carbocycles. The number of nitrogens with zero attached hydrogens (tertiary/aromatic N) is 3. The molecule has 0 amide bonds. The molecule has 1 aromatic rings. The molecule has 0 aliphatic heterocycles. The Morgan fingerprint density at radius 2 is 2.00 bits per heavy atom. The molecule has 1 N–H and O–H groups in total. The first-order valence-electron chi connectivity index (χ1n) is 6.39. The fourth-order valence-corrected chi connectivity index (χ4v) is 1.92. The predicted octanol–water partition coefficient (Wildman–Crippen LogP) is 2.71. The van der Waals surface area contributed by atoms with Gasteiger partial charge in [0.15, 0.2) is 0 Å². The quantitative estimate of drug-likeness (QED) is 0.835. The average molecular weight is 279 g/mol. The van der Waals surface area contributed by atoms with Crippen LogP contribution in [0.5, 0.6) is 0 Å². The van der Waals surface area contributed by atoms with Crippen LogP contribution in [0.3, 0.4) is 0 Å². The lowest BCUT2D eigenvalue weighted by Gasteiger charge is -2.23. The smallest absolute Gasteiger partial charge is 0.389 e. The Hall–Kier alpha value is -1.11. The first-order chi connectivity index (χ1) is 8.73. The van der Waals surface area contributed by atoms with Crippen molar-refractivity contribution >= 4 is 0 Å². The van der Waals surface area contributed by atoms with Gasteiger partial charge < -0.3 is 5.11 Å². The van der Waals surface area contributed by atoms with E-state index in [9.17, 15) is 18.3 Å². The van der Waals surface area contributed by atoms with E-state index in [4.69, 9.17) is 0 Å². The molecule has 0 saturated carbocycles. The number of halogens is 3. The third kappa shape index (κ3) is 6.04. The third-order valence-electron chi connectivity index (χ3n) is 2.85. The molecule has 0 bridgehead atoms. The number of alkyl halides is 3. The van der Waals surface area contributed by atoms with Crippen LogP contribution < -0.4 is 0 Å². The van der Waals surface area contributed by atoms with Gasteiger partial charge in [0.1, 0.15) is 12.2 Å². The lowest BCUT2D eigenvalue weighted by molar-refractivity contribution is -0.137. The van der Waals surface area contributed by atoms with E-state index in [0.29, 0.717) is 12.4 Å². The molecule has 0 saturated heterocycles. The number of hydrogen-bond donors (Lipinski definition) is 1. The van der Waals surface area contributed by atoms with E-state index in [-0.39, 0.29) is 19.3 Å². The van der Waals surface area contributed by atoms with Crippen molar-refractivity contribution in [3.05, 3.63) is 12.2 Å². The van der Waals surface area contributed by atoms with Gasteiger partial charge in [-0.2, -0.15) is 18.3 Å². The van der Waals surface area contributed by atoms with Crippen LogP contribution >= 0.6 is 0 Å². The van der Waals surface area contributed by atoms with Crippen molar-refractivity contribution in [3.8, 4) is 0 Å². The maximum atomic E-state index is 12.1. The van der Waals surface area contributed by atoms with Crippen LogP contribution in [0, 0.1) is 0 Å². The standard InChI is InChI=1S/C12H20F3N3O/c1-3-7-18-10(16-9-17-18)8-11(2,19)5-4-6-12(13,14)15/h9,19H,3-8H2,1-2H3. The summed E-state index contributed by atoms with van der Waals surface area (Å²) >= 11 is 0. The van der Waals surface area contributed by atoms with Crippen LogP contribution in [0.25, 0.3) is 0 Å². The Kier molecular flexibility index (Phi) is 5.34. The van der Waals surface area contributed by atoms with Crippen LogP contribution in [-0.4, -0.2) is 31.6 Å². The molecule has 0 spiro atoms. The molecule has 4 nitrogen and oxygen atoms in total. The minimum Gasteiger partial charge on any atom is -0.390 e. The zero-order valence-corrected chi connectivity index (χ0v) is 11.2. The van der Waals surface area contributed by atoms with Crippen molar-refractivity contribution in [2.75, 3.05) is 0 Å². The number of hydrogen-bond acceptors (Lipinski definition) is 3. The fourth-order valence-electron chi connectivity index (χ4n) is 1.92. The van der Waals surface area contributed by atoms with Crippen LogP contribution in [0.2, 0.25) is 0 Å². The second-order valence-electron chi connectivity index (χ2n) is 5.04. The zero-order chi connectivity index (χ0) is 14.5. The van der Waals surface area contributed by atoms with E-state index in [1.807, 2.05) is 6.92 Å². The lowest BCUT2D eigenvalue weighted by atomic mass is 9.94. The molecular formula is C12H20F3N3O.